The Bertz CT molecular complexity index is 8090. The van der Waals surface area contributed by atoms with Crippen LogP contribution in [0.1, 0.15) is 38.1 Å². The van der Waals surface area contributed by atoms with E-state index in [1.54, 1.807) is 72.4 Å². The number of para-hydroxylation sites is 6. The van der Waals surface area contributed by atoms with Crippen molar-refractivity contribution >= 4 is 150 Å². The quantitative estimate of drug-likeness (QED) is 0.0564. The SMILES string of the molecule is Cn1c(-c2ccccc2[O][AlH])nc2cccnc21.Oc1ccccc1-c1nc2cccnc2n1-c1c2ccccc2cc2ccccc12.Oc1ccccc1-c1nc2cccnc2n1-c1ccc2ccc3cccc4ccc1c2c34.Oc1ccccc1-c1nc2cccnc2n1C1CCCCC1.Oc1ccccc1-c1nc2nc3c(nc2n1-c1ccccc1)SCCS3.[Zn].[Zn].[Zn].[Zn]. The number of aryl methyl sites for hydroxylation is 1. The van der Waals surface area contributed by atoms with E-state index in [0.29, 0.717) is 51.5 Å². The molecule has 13 aromatic carbocycles. The summed E-state index contributed by atoms with van der Waals surface area (Å²) in [5.41, 5.74) is 14.7. The molecular weight excluding hydrogens is 1910 g/mol. The summed E-state index contributed by atoms with van der Waals surface area (Å²) >= 11 is 4.92. The molecule has 0 unspecified atom stereocenters. The number of phenols is 4. The number of hydrogen-bond donors (Lipinski definition) is 4. The molecule has 21 nitrogen and oxygen atoms in total. The van der Waals surface area contributed by atoms with Crippen molar-refractivity contribution in [3.05, 3.63) is 334 Å². The van der Waals surface area contributed by atoms with Gasteiger partial charge in [0.2, 0.25) is 0 Å². The van der Waals surface area contributed by atoms with Crippen molar-refractivity contribution in [1.29, 1.82) is 0 Å². The van der Waals surface area contributed by atoms with Crippen LogP contribution in [0.2, 0.25) is 0 Å². The van der Waals surface area contributed by atoms with Gasteiger partial charge in [0.1, 0.15) is 66.8 Å². The van der Waals surface area contributed by atoms with Crippen LogP contribution in [-0.4, -0.2) is 126 Å². The Morgan fingerprint density at radius 2 is 0.758 bits per heavy atom. The van der Waals surface area contributed by atoms with Crippen LogP contribution in [0.15, 0.2) is 344 Å². The molecule has 1 aliphatic carbocycles. The van der Waals surface area contributed by atoms with E-state index in [1.807, 2.05) is 204 Å². The number of hydrogen-bond acceptors (Lipinski definition) is 18. The first-order chi connectivity index (χ1) is 63.1. The summed E-state index contributed by atoms with van der Waals surface area (Å²) in [6, 6.07) is 101. The third-order valence-electron chi connectivity index (χ3n) is 23.4. The van der Waals surface area contributed by atoms with Crippen molar-refractivity contribution in [2.45, 2.75) is 48.2 Å². The molecule has 10 aromatic heterocycles. The van der Waals surface area contributed by atoms with Crippen LogP contribution in [0, 0.1) is 0 Å². The predicted octanol–water partition coefficient (Wildman–Crippen LogP) is 23.3. The van der Waals surface area contributed by atoms with Crippen LogP contribution in [0.25, 0.3) is 184 Å². The van der Waals surface area contributed by atoms with Gasteiger partial charge in [0.25, 0.3) is 0 Å². The molecule has 1 aliphatic heterocycles. The van der Waals surface area contributed by atoms with E-state index in [0.717, 1.165) is 152 Å². The van der Waals surface area contributed by atoms with E-state index in [1.165, 1.54) is 62.8 Å². The van der Waals surface area contributed by atoms with Gasteiger partial charge in [-0.05, 0) is 184 Å². The molecule has 11 heterocycles. The zero-order valence-corrected chi connectivity index (χ0v) is 86.9. The second-order valence-corrected chi connectivity index (χ2v) is 33.6. The number of nitrogens with zero attached hydrogens (tertiary/aromatic N) is 16. The minimum atomic E-state index is 0. The monoisotopic (exact) mass is 1980 g/mol. The molecule has 132 heavy (non-hydrogen) atoms. The first kappa shape index (κ1) is 91.1. The summed E-state index contributed by atoms with van der Waals surface area (Å²) in [7, 11) is 1.96. The van der Waals surface area contributed by atoms with Crippen molar-refractivity contribution in [3.63, 3.8) is 0 Å². The summed E-state index contributed by atoms with van der Waals surface area (Å²) in [4.78, 5) is 51.7. The van der Waals surface area contributed by atoms with Gasteiger partial charge >= 0.3 is 16.6 Å². The summed E-state index contributed by atoms with van der Waals surface area (Å²) in [5.74, 6) is 7.42. The first-order valence-corrected chi connectivity index (χ1v) is 44.7. The molecule has 23 aromatic rings. The average molecular weight is 1980 g/mol. The van der Waals surface area contributed by atoms with E-state index < -0.39 is 0 Å². The molecule has 2 aliphatic rings. The van der Waals surface area contributed by atoms with Gasteiger partial charge in [0.15, 0.2) is 51.4 Å². The number of fused-ring (bicyclic) bond motifs is 8. The molecule has 1 saturated carbocycles. The Morgan fingerprint density at radius 3 is 1.32 bits per heavy atom. The molecule has 4 N–H and O–H groups in total. The zero-order chi connectivity index (χ0) is 86.3. The third kappa shape index (κ3) is 17.3. The summed E-state index contributed by atoms with van der Waals surface area (Å²) in [5, 5.41) is 55.5. The summed E-state index contributed by atoms with van der Waals surface area (Å²) in [6.45, 7) is 0. The molecule has 28 heteroatoms. The van der Waals surface area contributed by atoms with Crippen LogP contribution in [0.5, 0.6) is 28.7 Å². The maximum atomic E-state index is 10.6. The molecule has 1 radical (unpaired) electrons. The predicted molar refractivity (Wildman–Crippen MR) is 514 cm³/mol. The van der Waals surface area contributed by atoms with Crippen LogP contribution in [-0.2, 0) is 85.0 Å². The number of phenolic OH excluding ortho intramolecular Hbond substituents is 4. The molecule has 1 fully saturated rings. The number of pyridine rings is 4. The van der Waals surface area contributed by atoms with Gasteiger partial charge in [-0.15, -0.1) is 23.5 Å². The van der Waals surface area contributed by atoms with Crippen molar-refractivity contribution in [3.8, 4) is 103 Å². The third-order valence-corrected chi connectivity index (χ3v) is 26.1. The van der Waals surface area contributed by atoms with E-state index in [-0.39, 0.29) is 101 Å². The molecule has 0 atom stereocenters. The Kier molecular flexibility index (Phi) is 27.7. The fourth-order valence-corrected chi connectivity index (χ4v) is 19.9. The van der Waals surface area contributed by atoms with Gasteiger partial charge < -0.3 is 33.3 Å². The van der Waals surface area contributed by atoms with Crippen molar-refractivity contribution in [2.24, 2.45) is 7.05 Å². The first-order valence-electron chi connectivity index (χ1n) is 42.2. The Balaban J connectivity index is 0.000000116. The second-order valence-electron chi connectivity index (χ2n) is 31.1. The molecule has 0 amide bonds. The molecule has 627 valence electrons. The molecule has 0 saturated heterocycles. The molecule has 25 rings (SSSR count). The van der Waals surface area contributed by atoms with Gasteiger partial charge in [0.05, 0.1) is 44.9 Å². The average Bonchev–Trinajstić information content (AvgIpc) is 1.41. The maximum Gasteiger partial charge on any atom is 0.494 e. The van der Waals surface area contributed by atoms with Gasteiger partial charge in [-0.2, -0.15) is 0 Å². The number of benzene rings is 13. The summed E-state index contributed by atoms with van der Waals surface area (Å²) < 4.78 is 15.7. The fraction of sp³-hybridized carbons (Fsp3) is 0.0865. The normalized spacial score (nSPS) is 12.3. The van der Waals surface area contributed by atoms with Crippen molar-refractivity contribution in [1.82, 2.24) is 77.7 Å². The molecular formula is C104H78AlN16O5S2Zn4. The van der Waals surface area contributed by atoms with Crippen molar-refractivity contribution < 1.29 is 102 Å². The van der Waals surface area contributed by atoms with Gasteiger partial charge in [-0.25, -0.2) is 54.8 Å². The van der Waals surface area contributed by atoms with E-state index in [9.17, 15) is 20.4 Å². The minimum absolute atomic E-state index is 0. The Hall–Kier alpha value is -12.8. The molecule has 0 bridgehead atoms. The van der Waals surface area contributed by atoms with Crippen LogP contribution in [0.4, 0.5) is 0 Å². The zero-order valence-electron chi connectivity index (χ0n) is 72.0. The maximum absolute atomic E-state index is 10.6. The van der Waals surface area contributed by atoms with E-state index >= 15 is 0 Å². The number of aromatic nitrogens is 16. The Labute approximate surface area is 825 Å². The van der Waals surface area contributed by atoms with E-state index in [4.69, 9.17) is 33.7 Å². The topological polar surface area (TPSA) is 257 Å². The number of thioether (sulfide) groups is 2. The number of imidazole rings is 5. The summed E-state index contributed by atoms with van der Waals surface area (Å²) in [6.07, 6.45) is 13.3. The molecule has 0 spiro atoms. The van der Waals surface area contributed by atoms with Gasteiger partial charge in [-0.1, -0.05) is 195 Å². The Morgan fingerprint density at radius 1 is 0.333 bits per heavy atom. The van der Waals surface area contributed by atoms with E-state index in [2.05, 4.69) is 136 Å². The minimum Gasteiger partial charge on any atom is -0.650 e. The number of rotatable bonds is 10. The van der Waals surface area contributed by atoms with Gasteiger partial charge in [-0.3, -0.25) is 13.7 Å². The second kappa shape index (κ2) is 40.1. The smallest absolute Gasteiger partial charge is 0.494 e. The standard InChI is InChI=1S/C28H17N3O.C26H17N3O.C19H14N4OS2.C18H19N3O.C13H11N3O.Al.4Zn.H/c32-24-9-2-1-7-21(24)27-30-22-8-4-16-29-28(22)31(27)23-15-13-19-11-10-17-5-3-6-18-12-14-20(23)26(19)25(17)18;30-23-14-6-5-12-21(23)25-28-22-13-7-15-27-26(22)29(25)24-19-10-3-1-8-17(19)16-18-9-2-4-11-20(18)24;24-14-9-5-4-8-13(14)16-20-15-17(23(16)12-6-2-1-3-7-12)22-19-18(21-15)25-10-11-26-19;22-16-11-5-4-9-14(16)17-20-15-10-6-12-19-18(15)21(17)13-7-2-1-3-8-13;1-16-12(9-5-2-3-7-11(9)17)15-10-6-4-8-14-13(10)16;;;;;;/h1-16,32H;1-16,30H;1-9,24H,10-11H2;4-6,9-13,22H,1-3,7-8H2;2-8,17H,1H3;;;;;;/q;;;;;+1;;;;;/p-1. The largest absolute Gasteiger partial charge is 0.650 e. The van der Waals surface area contributed by atoms with Crippen LogP contribution < -0.4 is 3.79 Å². The van der Waals surface area contributed by atoms with Gasteiger partial charge in [0, 0.05) is 149 Å². The fourth-order valence-electron chi connectivity index (χ4n) is 17.6. The number of aromatic hydroxyl groups is 4. The van der Waals surface area contributed by atoms with Crippen LogP contribution >= 0.6 is 23.5 Å². The van der Waals surface area contributed by atoms with Crippen molar-refractivity contribution in [2.75, 3.05) is 11.5 Å². The van der Waals surface area contributed by atoms with Crippen LogP contribution in [0.3, 0.4) is 0 Å².